The molecule has 4 N–H and O–H groups in total. The molecule has 7 nitrogen and oxygen atoms in total. The van der Waals surface area contributed by atoms with E-state index in [1.165, 1.54) is 0 Å². The minimum atomic E-state index is -0.451. The normalized spacial score (nSPS) is 9.97. The summed E-state index contributed by atoms with van der Waals surface area (Å²) in [5.41, 5.74) is 7.76. The number of hydrogen-bond donors (Lipinski definition) is 4. The van der Waals surface area contributed by atoms with E-state index < -0.39 is 5.91 Å². The second-order valence-corrected chi connectivity index (χ2v) is 7.04. The van der Waals surface area contributed by atoms with Gasteiger partial charge in [-0.15, -0.1) is 0 Å². The number of hydrogen-bond acceptors (Lipinski definition) is 4. The Morgan fingerprint density at radius 2 is 1.32 bits per heavy atom. The fraction of sp³-hybridized carbons (Fsp3) is 0.0435. The molecule has 0 aromatic heterocycles. The Labute approximate surface area is 184 Å². The van der Waals surface area contributed by atoms with E-state index in [-0.39, 0.29) is 16.9 Å². The molecule has 3 aromatic rings. The second-order valence-electron chi connectivity index (χ2n) is 6.63. The van der Waals surface area contributed by atoms with Crippen LogP contribution in [-0.4, -0.2) is 22.8 Å². The lowest BCUT2D eigenvalue weighted by Gasteiger charge is -2.11. The Morgan fingerprint density at radius 1 is 0.677 bits per heavy atom. The quantitative estimate of drug-likeness (QED) is 0.375. The SMILES string of the molecule is Cc1cccc(C(=O)NC(=S)NNC(=O)c2ccc(NC(=O)c3ccccc3)cc2)c1. The van der Waals surface area contributed by atoms with Crippen molar-refractivity contribution in [3.05, 3.63) is 101 Å². The first kappa shape index (κ1) is 21.7. The Kier molecular flexibility index (Phi) is 7.08. The molecule has 8 heteroatoms. The number of aryl methyl sites for hydroxylation is 1. The lowest BCUT2D eigenvalue weighted by Crippen LogP contribution is -2.48. The number of carbonyl (C=O) groups is 3. The highest BCUT2D eigenvalue weighted by molar-refractivity contribution is 7.80. The van der Waals surface area contributed by atoms with Crippen molar-refractivity contribution >= 4 is 40.7 Å². The van der Waals surface area contributed by atoms with Gasteiger partial charge in [-0.1, -0.05) is 35.9 Å². The van der Waals surface area contributed by atoms with Crippen LogP contribution < -0.4 is 21.5 Å². The summed E-state index contributed by atoms with van der Waals surface area (Å²) in [4.78, 5) is 36.6. The number of carbonyl (C=O) groups excluding carboxylic acids is 3. The average Bonchev–Trinajstić information content (AvgIpc) is 2.78. The highest BCUT2D eigenvalue weighted by Crippen LogP contribution is 2.11. The molecule has 0 aliphatic rings. The minimum absolute atomic E-state index is 0.0356. The third-order valence-corrected chi connectivity index (χ3v) is 4.44. The molecule has 0 spiro atoms. The number of nitrogens with one attached hydrogen (secondary N) is 4. The zero-order chi connectivity index (χ0) is 22.2. The number of anilines is 1. The Bertz CT molecular complexity index is 1120. The first-order chi connectivity index (χ1) is 14.9. The van der Waals surface area contributed by atoms with Gasteiger partial charge in [0.25, 0.3) is 17.7 Å². The fourth-order valence-corrected chi connectivity index (χ4v) is 2.82. The average molecular weight is 433 g/mol. The highest BCUT2D eigenvalue weighted by Gasteiger charge is 2.10. The van der Waals surface area contributed by atoms with Gasteiger partial charge < -0.3 is 5.32 Å². The van der Waals surface area contributed by atoms with Gasteiger partial charge in [0.05, 0.1) is 0 Å². The van der Waals surface area contributed by atoms with Crippen LogP contribution in [-0.2, 0) is 0 Å². The summed E-state index contributed by atoms with van der Waals surface area (Å²) in [5, 5.41) is 5.22. The van der Waals surface area contributed by atoms with Crippen LogP contribution in [0.4, 0.5) is 5.69 Å². The Hall–Kier alpha value is -4.04. The zero-order valence-electron chi connectivity index (χ0n) is 16.6. The summed E-state index contributed by atoms with van der Waals surface area (Å²) in [7, 11) is 0. The summed E-state index contributed by atoms with van der Waals surface area (Å²) in [6, 6.07) is 22.2. The van der Waals surface area contributed by atoms with Crippen molar-refractivity contribution in [3.8, 4) is 0 Å². The van der Waals surface area contributed by atoms with Crippen molar-refractivity contribution in [1.29, 1.82) is 0 Å². The van der Waals surface area contributed by atoms with Gasteiger partial charge in [-0.05, 0) is 67.7 Å². The van der Waals surface area contributed by atoms with Crippen LogP contribution >= 0.6 is 12.2 Å². The van der Waals surface area contributed by atoms with Crippen LogP contribution in [0.1, 0.15) is 36.6 Å². The monoisotopic (exact) mass is 432 g/mol. The molecule has 0 saturated heterocycles. The lowest BCUT2D eigenvalue weighted by molar-refractivity contribution is 0.0934. The molecule has 0 saturated carbocycles. The lowest BCUT2D eigenvalue weighted by atomic mass is 10.1. The molecule has 0 aliphatic heterocycles. The molecule has 0 radical (unpaired) electrons. The number of benzene rings is 3. The maximum atomic E-state index is 12.3. The maximum absolute atomic E-state index is 12.3. The van der Waals surface area contributed by atoms with Crippen molar-refractivity contribution in [2.75, 3.05) is 5.32 Å². The van der Waals surface area contributed by atoms with E-state index in [0.717, 1.165) is 5.56 Å². The van der Waals surface area contributed by atoms with Crippen molar-refractivity contribution in [1.82, 2.24) is 16.2 Å². The fourth-order valence-electron chi connectivity index (χ4n) is 2.68. The summed E-state index contributed by atoms with van der Waals surface area (Å²) in [6.07, 6.45) is 0. The Balaban J connectivity index is 1.49. The number of hydrazine groups is 1. The molecule has 3 rings (SSSR count). The topological polar surface area (TPSA) is 99.3 Å². The molecule has 31 heavy (non-hydrogen) atoms. The molecule has 0 bridgehead atoms. The molecule has 0 aliphatic carbocycles. The third-order valence-electron chi connectivity index (χ3n) is 4.24. The number of thiocarbonyl (C=S) groups is 1. The molecular formula is C23H20N4O3S. The highest BCUT2D eigenvalue weighted by atomic mass is 32.1. The maximum Gasteiger partial charge on any atom is 0.269 e. The molecular weight excluding hydrogens is 412 g/mol. The predicted molar refractivity (Wildman–Crippen MR) is 123 cm³/mol. The van der Waals surface area contributed by atoms with Gasteiger partial charge in [0.1, 0.15) is 0 Å². The van der Waals surface area contributed by atoms with E-state index in [2.05, 4.69) is 21.5 Å². The van der Waals surface area contributed by atoms with E-state index in [4.69, 9.17) is 12.2 Å². The van der Waals surface area contributed by atoms with Gasteiger partial charge in [0.15, 0.2) is 5.11 Å². The van der Waals surface area contributed by atoms with Crippen LogP contribution in [0.25, 0.3) is 0 Å². The first-order valence-electron chi connectivity index (χ1n) is 9.37. The summed E-state index contributed by atoms with van der Waals surface area (Å²) in [6.45, 7) is 1.88. The number of rotatable bonds is 4. The number of amides is 3. The van der Waals surface area contributed by atoms with E-state index >= 15 is 0 Å². The van der Waals surface area contributed by atoms with E-state index in [1.54, 1.807) is 66.7 Å². The van der Waals surface area contributed by atoms with Crippen LogP contribution in [0.15, 0.2) is 78.9 Å². The van der Waals surface area contributed by atoms with E-state index in [1.807, 2.05) is 19.1 Å². The summed E-state index contributed by atoms with van der Waals surface area (Å²) in [5.74, 6) is -1.07. The van der Waals surface area contributed by atoms with E-state index in [9.17, 15) is 14.4 Å². The summed E-state index contributed by atoms with van der Waals surface area (Å²) >= 11 is 5.04. The Morgan fingerprint density at radius 3 is 2.00 bits per heavy atom. The zero-order valence-corrected chi connectivity index (χ0v) is 17.5. The van der Waals surface area contributed by atoms with Crippen molar-refractivity contribution in [2.45, 2.75) is 6.92 Å². The third kappa shape index (κ3) is 6.22. The summed E-state index contributed by atoms with van der Waals surface area (Å²) < 4.78 is 0. The van der Waals surface area contributed by atoms with Gasteiger partial charge >= 0.3 is 0 Å². The van der Waals surface area contributed by atoms with Crippen LogP contribution in [0.5, 0.6) is 0 Å². The largest absolute Gasteiger partial charge is 0.322 e. The van der Waals surface area contributed by atoms with Gasteiger partial charge in [0.2, 0.25) is 0 Å². The van der Waals surface area contributed by atoms with Crippen LogP contribution in [0, 0.1) is 6.92 Å². The second kappa shape index (κ2) is 10.1. The van der Waals surface area contributed by atoms with Crippen molar-refractivity contribution in [3.63, 3.8) is 0 Å². The molecule has 156 valence electrons. The molecule has 0 atom stereocenters. The molecule has 0 unspecified atom stereocenters. The van der Waals surface area contributed by atoms with E-state index in [0.29, 0.717) is 22.4 Å². The molecule has 0 fully saturated rings. The minimum Gasteiger partial charge on any atom is -0.322 e. The van der Waals surface area contributed by atoms with Crippen LogP contribution in [0.3, 0.4) is 0 Å². The first-order valence-corrected chi connectivity index (χ1v) is 9.78. The van der Waals surface area contributed by atoms with Gasteiger partial charge in [-0.25, -0.2) is 0 Å². The molecule has 3 amide bonds. The van der Waals surface area contributed by atoms with Gasteiger partial charge in [-0.2, -0.15) is 0 Å². The smallest absolute Gasteiger partial charge is 0.269 e. The van der Waals surface area contributed by atoms with Crippen molar-refractivity contribution < 1.29 is 14.4 Å². The standard InChI is InChI=1S/C23H20N4O3S/c1-15-6-5-9-18(14-15)21(29)25-23(31)27-26-22(30)17-10-12-19(13-11-17)24-20(28)16-7-3-2-4-8-16/h2-14H,1H3,(H,24,28)(H,26,30)(H2,25,27,29,31). The molecule has 0 heterocycles. The predicted octanol–water partition coefficient (Wildman–Crippen LogP) is 3.20. The molecule has 3 aromatic carbocycles. The van der Waals surface area contributed by atoms with Gasteiger partial charge in [0, 0.05) is 22.4 Å². The van der Waals surface area contributed by atoms with Crippen molar-refractivity contribution in [2.24, 2.45) is 0 Å². The van der Waals surface area contributed by atoms with Gasteiger partial charge in [-0.3, -0.25) is 30.6 Å². The van der Waals surface area contributed by atoms with Crippen LogP contribution in [0.2, 0.25) is 0 Å².